The molecule has 4 aromatic rings. The summed E-state index contributed by atoms with van der Waals surface area (Å²) in [6.45, 7) is 10.2. The number of nitrogens with one attached hydrogen (secondary N) is 1. The summed E-state index contributed by atoms with van der Waals surface area (Å²) in [5, 5.41) is 0. The van der Waals surface area contributed by atoms with Gasteiger partial charge in [0.1, 0.15) is 17.0 Å². The molecule has 186 valence electrons. The summed E-state index contributed by atoms with van der Waals surface area (Å²) in [4.78, 5) is 21.6. The van der Waals surface area contributed by atoms with Crippen LogP contribution in [0.2, 0.25) is 0 Å². The highest BCUT2D eigenvalue weighted by Crippen LogP contribution is 2.47. The zero-order valence-corrected chi connectivity index (χ0v) is 23.3. The van der Waals surface area contributed by atoms with Gasteiger partial charge in [0.25, 0.3) is 0 Å². The van der Waals surface area contributed by atoms with E-state index in [2.05, 4.69) is 52.9 Å². The van der Waals surface area contributed by atoms with Crippen LogP contribution >= 0.6 is 21.6 Å². The molecule has 2 heterocycles. The van der Waals surface area contributed by atoms with Crippen molar-refractivity contribution in [1.29, 1.82) is 0 Å². The number of nitrogens with zero attached hydrogens (tertiary/aromatic N) is 2. The molecule has 0 unspecified atom stereocenters. The third-order valence-corrected chi connectivity index (χ3v) is 9.57. The minimum Gasteiger partial charge on any atom is -0.496 e. The van der Waals surface area contributed by atoms with Gasteiger partial charge in [-0.25, -0.2) is 9.55 Å². The first kappa shape index (κ1) is 24.9. The minimum absolute atomic E-state index is 0.255. The van der Waals surface area contributed by atoms with Crippen molar-refractivity contribution >= 4 is 38.4 Å². The van der Waals surface area contributed by atoms with Crippen molar-refractivity contribution in [3.63, 3.8) is 0 Å². The highest BCUT2D eigenvalue weighted by molar-refractivity contribution is 8.76. The smallest absolute Gasteiger partial charge is 0.402 e. The Morgan fingerprint density at radius 2 is 1.64 bits per heavy atom. The van der Waals surface area contributed by atoms with E-state index in [4.69, 9.17) is 9.72 Å². The number of fused-ring (bicyclic) bond motifs is 2. The van der Waals surface area contributed by atoms with E-state index in [1.807, 2.05) is 67.6 Å². The molecule has 2 aromatic heterocycles. The van der Waals surface area contributed by atoms with Gasteiger partial charge in [-0.15, -0.1) is 0 Å². The number of rotatable bonds is 7. The molecular formula is C29H32N3O2S2+. The molecule has 5 rings (SSSR count). The Morgan fingerprint density at radius 3 is 2.33 bits per heavy atom. The fourth-order valence-corrected chi connectivity index (χ4v) is 7.48. The Morgan fingerprint density at radius 1 is 0.972 bits per heavy atom. The lowest BCUT2D eigenvalue weighted by atomic mass is 9.80. The molecule has 1 N–H and O–H groups in total. The van der Waals surface area contributed by atoms with Crippen molar-refractivity contribution in [3.8, 4) is 11.7 Å². The van der Waals surface area contributed by atoms with Crippen LogP contribution in [0.3, 0.4) is 0 Å². The second-order valence-corrected chi connectivity index (χ2v) is 12.9. The number of imidazole rings is 1. The highest BCUT2D eigenvalue weighted by Gasteiger charge is 2.50. The molecule has 2 aromatic carbocycles. The van der Waals surface area contributed by atoms with Gasteiger partial charge in [-0.2, -0.15) is 0 Å². The van der Waals surface area contributed by atoms with Crippen LogP contribution in [-0.2, 0) is 27.1 Å². The number of pyridine rings is 1. The number of carbonyl (C=O) groups excluding carboxylic acids is 1. The molecule has 0 amide bonds. The summed E-state index contributed by atoms with van der Waals surface area (Å²) in [5.41, 5.74) is 6.51. The standard InChI is InChI=1S/C29H32N3O2S2/c1-18-24(17-36-35-16-19-10-8-7-9-11-19)32(13-12-25(18)34-6)27-30-22-14-20-21(15-23(22)31-27)29(4,5)26(33)28(20,2)3/h7-15H,16-17H2,1-6H3,(H,30,31)/q+1. The fourth-order valence-electron chi connectivity index (χ4n) is 5.28. The van der Waals surface area contributed by atoms with Crippen LogP contribution in [0, 0.1) is 6.92 Å². The van der Waals surface area contributed by atoms with Gasteiger partial charge in [0.05, 0.1) is 19.1 Å². The first-order valence-corrected chi connectivity index (χ1v) is 14.6. The quantitative estimate of drug-likeness (QED) is 0.175. The van der Waals surface area contributed by atoms with Gasteiger partial charge in [0.15, 0.2) is 11.3 Å². The number of Topliss-reactive ketones (excluding diaryl/α,β-unsaturated/α-hetero) is 1. The first-order valence-electron chi connectivity index (χ1n) is 12.1. The van der Waals surface area contributed by atoms with Gasteiger partial charge < -0.3 is 4.74 Å². The summed E-state index contributed by atoms with van der Waals surface area (Å²) in [6.07, 6.45) is 2.02. The number of aromatic amines is 1. The summed E-state index contributed by atoms with van der Waals surface area (Å²) in [6, 6.07) is 16.7. The monoisotopic (exact) mass is 518 g/mol. The van der Waals surface area contributed by atoms with Crippen LogP contribution < -0.4 is 9.30 Å². The number of ether oxygens (including phenoxy) is 1. The average Bonchev–Trinajstić information content (AvgIpc) is 3.34. The van der Waals surface area contributed by atoms with Gasteiger partial charge in [-0.05, 0) is 63.4 Å². The van der Waals surface area contributed by atoms with Crippen LogP contribution in [-0.4, -0.2) is 22.9 Å². The lowest BCUT2D eigenvalue weighted by Gasteiger charge is -2.21. The molecule has 5 nitrogen and oxygen atoms in total. The van der Waals surface area contributed by atoms with Crippen molar-refractivity contribution in [2.24, 2.45) is 0 Å². The summed E-state index contributed by atoms with van der Waals surface area (Å²) in [7, 11) is 5.38. The Hall–Kier alpha value is -2.77. The Kier molecular flexibility index (Phi) is 6.41. The number of H-pyrrole nitrogens is 1. The third-order valence-electron chi connectivity index (χ3n) is 7.35. The van der Waals surface area contributed by atoms with E-state index in [0.29, 0.717) is 0 Å². The van der Waals surface area contributed by atoms with E-state index >= 15 is 0 Å². The van der Waals surface area contributed by atoms with E-state index in [-0.39, 0.29) is 5.78 Å². The van der Waals surface area contributed by atoms with Crippen molar-refractivity contribution in [1.82, 2.24) is 9.97 Å². The topological polar surface area (TPSA) is 58.9 Å². The maximum Gasteiger partial charge on any atom is 0.402 e. The highest BCUT2D eigenvalue weighted by atomic mass is 33.1. The van der Waals surface area contributed by atoms with E-state index < -0.39 is 10.8 Å². The lowest BCUT2D eigenvalue weighted by molar-refractivity contribution is -0.610. The molecule has 0 fully saturated rings. The van der Waals surface area contributed by atoms with E-state index in [0.717, 1.165) is 56.6 Å². The normalized spacial score (nSPS) is 15.9. The molecule has 0 saturated heterocycles. The zero-order valence-electron chi connectivity index (χ0n) is 21.6. The van der Waals surface area contributed by atoms with Gasteiger partial charge in [-0.1, -0.05) is 56.9 Å². The Bertz CT molecular complexity index is 1400. The van der Waals surface area contributed by atoms with Crippen LogP contribution in [0.25, 0.3) is 17.0 Å². The molecule has 1 aliphatic carbocycles. The summed E-state index contributed by atoms with van der Waals surface area (Å²) < 4.78 is 7.75. The van der Waals surface area contributed by atoms with Crippen LogP contribution in [0.1, 0.15) is 55.6 Å². The first-order chi connectivity index (χ1) is 17.1. The number of benzene rings is 2. The molecule has 36 heavy (non-hydrogen) atoms. The second kappa shape index (κ2) is 9.27. The van der Waals surface area contributed by atoms with E-state index in [1.165, 1.54) is 5.56 Å². The van der Waals surface area contributed by atoms with Gasteiger partial charge in [-0.3, -0.25) is 4.79 Å². The number of hydrogen-bond donors (Lipinski definition) is 1. The van der Waals surface area contributed by atoms with Crippen molar-refractivity contribution < 1.29 is 14.1 Å². The van der Waals surface area contributed by atoms with Crippen molar-refractivity contribution in [3.05, 3.63) is 82.7 Å². The third kappa shape index (κ3) is 4.12. The van der Waals surface area contributed by atoms with Crippen molar-refractivity contribution in [2.75, 3.05) is 7.11 Å². The summed E-state index contributed by atoms with van der Waals surface area (Å²) >= 11 is 0. The van der Waals surface area contributed by atoms with Crippen LogP contribution in [0.5, 0.6) is 5.75 Å². The van der Waals surface area contributed by atoms with Crippen LogP contribution in [0.4, 0.5) is 0 Å². The molecule has 0 saturated carbocycles. The molecule has 0 bridgehead atoms. The average molecular weight is 519 g/mol. The Balaban J connectivity index is 1.50. The molecule has 0 aliphatic heterocycles. The number of methoxy groups -OCH3 is 1. The van der Waals surface area contributed by atoms with Gasteiger partial charge in [0.2, 0.25) is 0 Å². The molecule has 7 heteroatoms. The van der Waals surface area contributed by atoms with Crippen molar-refractivity contribution in [2.45, 2.75) is 57.0 Å². The number of aromatic nitrogens is 3. The zero-order chi connectivity index (χ0) is 25.7. The Labute approximate surface area is 220 Å². The van der Waals surface area contributed by atoms with Gasteiger partial charge in [0, 0.05) is 28.2 Å². The molecule has 0 atom stereocenters. The summed E-state index contributed by atoms with van der Waals surface area (Å²) in [5.74, 6) is 3.65. The minimum atomic E-state index is -0.520. The number of ketones is 1. The second-order valence-electron chi connectivity index (χ2n) is 10.4. The number of hydrogen-bond acceptors (Lipinski definition) is 5. The van der Waals surface area contributed by atoms with E-state index in [9.17, 15) is 4.79 Å². The predicted molar refractivity (Wildman–Crippen MR) is 149 cm³/mol. The molecule has 0 spiro atoms. The SMILES string of the molecule is COc1cc[n+](-c2nc3cc4c(cc3[nH]2)C(C)(C)C(=O)C4(C)C)c(CSSCc2ccccc2)c1C. The maximum absolute atomic E-state index is 13.1. The molecule has 0 radical (unpaired) electrons. The van der Waals surface area contributed by atoms with Crippen LogP contribution in [0.15, 0.2) is 54.7 Å². The number of carbonyl (C=O) groups is 1. The van der Waals surface area contributed by atoms with Gasteiger partial charge >= 0.3 is 5.95 Å². The maximum atomic E-state index is 13.1. The molecule has 1 aliphatic rings. The lowest BCUT2D eigenvalue weighted by Crippen LogP contribution is -2.37. The predicted octanol–water partition coefficient (Wildman–Crippen LogP) is 6.38. The molecular weight excluding hydrogens is 486 g/mol. The fraction of sp³-hybridized carbons (Fsp3) is 0.345. The van der Waals surface area contributed by atoms with E-state index in [1.54, 1.807) is 7.11 Å². The largest absolute Gasteiger partial charge is 0.496 e.